The molecule has 0 fully saturated rings. The van der Waals surface area contributed by atoms with E-state index in [1.165, 1.54) is 6.92 Å². The van der Waals surface area contributed by atoms with Gasteiger partial charge in [0, 0.05) is 25.5 Å². The summed E-state index contributed by atoms with van der Waals surface area (Å²) in [4.78, 5) is 22.6. The Bertz CT molecular complexity index is 1080. The number of fused-ring (bicyclic) bond motifs is 1. The summed E-state index contributed by atoms with van der Waals surface area (Å²) in [7, 11) is -4.14. The van der Waals surface area contributed by atoms with Gasteiger partial charge in [-0.2, -0.15) is 0 Å². The number of aliphatic carboxylic acids is 1. The maximum atomic E-state index is 13.6. The van der Waals surface area contributed by atoms with Crippen LogP contribution >= 0.6 is 0 Å². The Hall–Kier alpha value is -2.82. The maximum absolute atomic E-state index is 13.6. The molecule has 0 aromatic heterocycles. The number of rotatable bonds is 9. The van der Waals surface area contributed by atoms with Crippen molar-refractivity contribution in [3.8, 4) is 5.75 Å². The predicted molar refractivity (Wildman–Crippen MR) is 124 cm³/mol. The van der Waals surface area contributed by atoms with Crippen LogP contribution in [0.4, 0.5) is 0 Å². The van der Waals surface area contributed by atoms with Gasteiger partial charge in [0.2, 0.25) is 11.9 Å². The molecule has 1 aliphatic rings. The van der Waals surface area contributed by atoms with Crippen molar-refractivity contribution in [2.24, 2.45) is 5.73 Å². The number of benzene rings is 1. The summed E-state index contributed by atoms with van der Waals surface area (Å²) in [6.45, 7) is 10.3. The number of guanidine groups is 1. The number of carbonyl (C=O) groups excluding carboxylic acids is 1. The van der Waals surface area contributed by atoms with Crippen molar-refractivity contribution in [1.29, 1.82) is 5.41 Å². The molecule has 1 aliphatic heterocycles. The summed E-state index contributed by atoms with van der Waals surface area (Å²) in [5, 5.41) is 19.5. The van der Waals surface area contributed by atoms with E-state index in [1.54, 1.807) is 13.8 Å². The zero-order chi connectivity index (χ0) is 25.3. The molecule has 0 saturated carbocycles. The summed E-state index contributed by atoms with van der Waals surface area (Å²) in [5.74, 6) is -1.52. The highest BCUT2D eigenvalue weighted by Crippen LogP contribution is 2.44. The number of carbonyl (C=O) groups is 2. The van der Waals surface area contributed by atoms with Crippen LogP contribution in [0.25, 0.3) is 0 Å². The van der Waals surface area contributed by atoms with E-state index < -0.39 is 39.5 Å². The molecule has 0 aliphatic carbocycles. The Balaban J connectivity index is 2.30. The number of carboxylic acid groups (broad SMARTS) is 1. The number of carboxylic acids is 1. The first-order valence-electron chi connectivity index (χ1n) is 10.8. The van der Waals surface area contributed by atoms with Gasteiger partial charge in [-0.25, -0.2) is 17.5 Å². The van der Waals surface area contributed by atoms with Crippen molar-refractivity contribution >= 4 is 27.9 Å². The molecular formula is C22H34N4O6S. The molecule has 0 bridgehead atoms. The van der Waals surface area contributed by atoms with E-state index in [9.17, 15) is 23.1 Å². The predicted octanol–water partition coefficient (Wildman–Crippen LogP) is 1.97. The van der Waals surface area contributed by atoms with Gasteiger partial charge in [-0.05, 0) is 70.6 Å². The Labute approximate surface area is 195 Å². The molecule has 1 atom stereocenters. The van der Waals surface area contributed by atoms with Crippen molar-refractivity contribution in [3.63, 3.8) is 0 Å². The number of ether oxygens (including phenoxy) is 1. The van der Waals surface area contributed by atoms with Gasteiger partial charge in [-0.1, -0.05) is 0 Å². The topological polar surface area (TPSA) is 163 Å². The molecule has 1 heterocycles. The van der Waals surface area contributed by atoms with Crippen LogP contribution in [0.5, 0.6) is 5.75 Å². The third kappa shape index (κ3) is 5.58. The Morgan fingerprint density at radius 3 is 2.33 bits per heavy atom. The Morgan fingerprint density at radius 2 is 1.82 bits per heavy atom. The minimum atomic E-state index is -4.14. The van der Waals surface area contributed by atoms with Crippen molar-refractivity contribution in [1.82, 2.24) is 9.62 Å². The molecule has 1 amide bonds. The average Bonchev–Trinajstić information content (AvgIpc) is 3.00. The van der Waals surface area contributed by atoms with Gasteiger partial charge < -0.3 is 20.9 Å². The molecule has 184 valence electrons. The van der Waals surface area contributed by atoms with Gasteiger partial charge in [0.1, 0.15) is 17.4 Å². The van der Waals surface area contributed by atoms with Crippen molar-refractivity contribution < 1.29 is 27.9 Å². The molecule has 0 saturated heterocycles. The Morgan fingerprint density at radius 1 is 1.21 bits per heavy atom. The zero-order valence-corrected chi connectivity index (χ0v) is 20.9. The van der Waals surface area contributed by atoms with Crippen molar-refractivity contribution in [2.45, 2.75) is 83.8 Å². The molecular weight excluding hydrogens is 448 g/mol. The SMILES string of the molecule is CC(=O)N[C@@H](CCCCN(C(=N)N)S(=O)(=O)c1c(C)c(C)c2c(c1C)CC(C)(C)O2)C(=O)O. The minimum absolute atomic E-state index is 0.0823. The first kappa shape index (κ1) is 26.4. The lowest BCUT2D eigenvalue weighted by Crippen LogP contribution is -2.43. The lowest BCUT2D eigenvalue weighted by atomic mass is 9.94. The van der Waals surface area contributed by atoms with E-state index in [-0.39, 0.29) is 24.3 Å². The van der Waals surface area contributed by atoms with Crippen LogP contribution in [-0.4, -0.2) is 53.9 Å². The van der Waals surface area contributed by atoms with E-state index in [0.29, 0.717) is 29.7 Å². The summed E-state index contributed by atoms with van der Waals surface area (Å²) in [5.41, 5.74) is 7.93. The van der Waals surface area contributed by atoms with Crippen LogP contribution in [0.1, 0.15) is 62.3 Å². The number of nitrogens with two attached hydrogens (primary N) is 1. The number of hydrogen-bond donors (Lipinski definition) is 4. The number of sulfonamides is 1. The van der Waals surface area contributed by atoms with Gasteiger partial charge in [0.05, 0.1) is 4.90 Å². The third-order valence-corrected chi connectivity index (χ3v) is 7.98. The van der Waals surface area contributed by atoms with Gasteiger partial charge in [0.15, 0.2) is 0 Å². The van der Waals surface area contributed by atoms with Crippen molar-refractivity contribution in [2.75, 3.05) is 6.54 Å². The second-order valence-electron chi connectivity index (χ2n) is 9.10. The fourth-order valence-corrected chi connectivity index (χ4v) is 6.12. The fraction of sp³-hybridized carbons (Fsp3) is 0.591. The molecule has 2 rings (SSSR count). The lowest BCUT2D eigenvalue weighted by molar-refractivity contribution is -0.141. The van der Waals surface area contributed by atoms with E-state index in [4.69, 9.17) is 15.9 Å². The lowest BCUT2D eigenvalue weighted by Gasteiger charge is -2.26. The number of amides is 1. The third-order valence-electron chi connectivity index (χ3n) is 5.89. The van der Waals surface area contributed by atoms with Crippen LogP contribution in [0.15, 0.2) is 4.90 Å². The number of nitrogens with zero attached hydrogens (tertiary/aromatic N) is 1. The van der Waals surface area contributed by atoms with Gasteiger partial charge in [-0.3, -0.25) is 10.2 Å². The van der Waals surface area contributed by atoms with Gasteiger partial charge in [-0.15, -0.1) is 0 Å². The van der Waals surface area contributed by atoms with Crippen molar-refractivity contribution in [3.05, 3.63) is 22.3 Å². The van der Waals surface area contributed by atoms with Crippen LogP contribution in [0.2, 0.25) is 0 Å². The summed E-state index contributed by atoms with van der Waals surface area (Å²) in [6, 6.07) is -1.06. The summed E-state index contributed by atoms with van der Waals surface area (Å²) >= 11 is 0. The average molecular weight is 483 g/mol. The molecule has 33 heavy (non-hydrogen) atoms. The first-order valence-corrected chi connectivity index (χ1v) is 12.2. The molecule has 11 heteroatoms. The highest BCUT2D eigenvalue weighted by Gasteiger charge is 2.38. The summed E-state index contributed by atoms with van der Waals surface area (Å²) in [6.07, 6.45) is 1.28. The van der Waals surface area contributed by atoms with E-state index >= 15 is 0 Å². The van der Waals surface area contributed by atoms with Crippen LogP contribution in [-0.2, 0) is 26.0 Å². The fourth-order valence-electron chi connectivity index (χ4n) is 4.22. The normalized spacial score (nSPS) is 15.3. The number of hydrogen-bond acceptors (Lipinski definition) is 6. The number of unbranched alkanes of at least 4 members (excludes halogenated alkanes) is 1. The smallest absolute Gasteiger partial charge is 0.326 e. The largest absolute Gasteiger partial charge is 0.487 e. The van der Waals surface area contributed by atoms with Crippen LogP contribution < -0.4 is 15.8 Å². The second-order valence-corrected chi connectivity index (χ2v) is 10.9. The number of nitrogens with one attached hydrogen (secondary N) is 2. The monoisotopic (exact) mass is 482 g/mol. The molecule has 0 unspecified atom stereocenters. The summed E-state index contributed by atoms with van der Waals surface area (Å²) < 4.78 is 34.2. The highest BCUT2D eigenvalue weighted by atomic mass is 32.2. The second kappa shape index (κ2) is 9.58. The molecule has 0 radical (unpaired) electrons. The van der Waals surface area contributed by atoms with E-state index in [2.05, 4.69) is 5.32 Å². The minimum Gasteiger partial charge on any atom is -0.487 e. The molecule has 10 nitrogen and oxygen atoms in total. The van der Waals surface area contributed by atoms with Gasteiger partial charge in [0.25, 0.3) is 10.0 Å². The van der Waals surface area contributed by atoms with Crippen LogP contribution in [0.3, 0.4) is 0 Å². The molecule has 0 spiro atoms. The molecule has 1 aromatic rings. The van der Waals surface area contributed by atoms with E-state index in [0.717, 1.165) is 15.4 Å². The van der Waals surface area contributed by atoms with Gasteiger partial charge >= 0.3 is 5.97 Å². The highest BCUT2D eigenvalue weighted by molar-refractivity contribution is 7.89. The molecule has 5 N–H and O–H groups in total. The van der Waals surface area contributed by atoms with Crippen LogP contribution in [0, 0.1) is 26.2 Å². The first-order chi connectivity index (χ1) is 15.1. The molecule has 1 aromatic carbocycles. The quantitative estimate of drug-likeness (QED) is 0.237. The zero-order valence-electron chi connectivity index (χ0n) is 20.0. The Kier molecular flexibility index (Phi) is 7.67. The van der Waals surface area contributed by atoms with E-state index in [1.807, 2.05) is 20.8 Å². The standard InChI is InChI=1S/C22H34N4O6S/c1-12-13(2)19(14(3)16-11-22(5,6)32-18(12)16)33(30,31)26(21(23)24)10-8-7-9-17(20(28)29)25-15(4)27/h17H,7-11H2,1-6H3,(H3,23,24)(H,25,27)(H,28,29)/t17-/m0/s1. The maximum Gasteiger partial charge on any atom is 0.326 e.